The van der Waals surface area contributed by atoms with Gasteiger partial charge in [0.05, 0.1) is 12.7 Å². The SMILES string of the molecule is CC(C)[C@@H]1CC[C@@H](C)C[C@H]1O[C@@H]1O[C@@H]2COC(C)(C)O[C@H]2[C@H]2OC(=O)N[C@@H]12. The summed E-state index contributed by atoms with van der Waals surface area (Å²) in [5.74, 6) is 0.955. The molecule has 0 bridgehead atoms. The number of hydrogen-bond donors (Lipinski definition) is 1. The fourth-order valence-corrected chi connectivity index (χ4v) is 4.97. The van der Waals surface area contributed by atoms with Crippen molar-refractivity contribution in [3.63, 3.8) is 0 Å². The number of rotatable bonds is 3. The van der Waals surface area contributed by atoms with Gasteiger partial charge in [0.1, 0.15) is 18.2 Å². The molecule has 0 unspecified atom stereocenters. The minimum atomic E-state index is -0.723. The summed E-state index contributed by atoms with van der Waals surface area (Å²) in [6, 6.07) is -0.363. The van der Waals surface area contributed by atoms with Crippen molar-refractivity contribution in [2.75, 3.05) is 6.61 Å². The van der Waals surface area contributed by atoms with Crippen molar-refractivity contribution in [2.24, 2.45) is 17.8 Å². The van der Waals surface area contributed by atoms with Crippen molar-refractivity contribution in [1.82, 2.24) is 5.32 Å². The first-order valence-corrected chi connectivity index (χ1v) is 10.3. The molecule has 0 aromatic carbocycles. The highest BCUT2D eigenvalue weighted by Crippen LogP contribution is 2.40. The molecule has 1 amide bonds. The highest BCUT2D eigenvalue weighted by molar-refractivity contribution is 5.70. The highest BCUT2D eigenvalue weighted by Gasteiger charge is 2.57. The molecule has 1 N–H and O–H groups in total. The van der Waals surface area contributed by atoms with Gasteiger partial charge in [0.15, 0.2) is 18.2 Å². The first-order chi connectivity index (χ1) is 12.7. The summed E-state index contributed by atoms with van der Waals surface area (Å²) in [4.78, 5) is 12.0. The molecule has 0 spiro atoms. The molecule has 1 aliphatic carbocycles. The zero-order chi connectivity index (χ0) is 19.3. The van der Waals surface area contributed by atoms with Crippen LogP contribution >= 0.6 is 0 Å². The van der Waals surface area contributed by atoms with Gasteiger partial charge < -0.3 is 29.0 Å². The van der Waals surface area contributed by atoms with E-state index in [9.17, 15) is 4.79 Å². The number of carbonyl (C=O) groups excluding carboxylic acids is 1. The minimum absolute atomic E-state index is 0.121. The van der Waals surface area contributed by atoms with Gasteiger partial charge in [-0.3, -0.25) is 0 Å². The third-order valence-corrected chi connectivity index (χ3v) is 6.46. The second kappa shape index (κ2) is 7.17. The van der Waals surface area contributed by atoms with E-state index in [1.807, 2.05) is 13.8 Å². The zero-order valence-electron chi connectivity index (χ0n) is 17.0. The average molecular weight is 383 g/mol. The van der Waals surface area contributed by atoms with Crippen molar-refractivity contribution in [3.05, 3.63) is 0 Å². The summed E-state index contributed by atoms with van der Waals surface area (Å²) in [6.07, 6.45) is 1.46. The maximum absolute atomic E-state index is 12.0. The van der Waals surface area contributed by atoms with E-state index in [1.54, 1.807) is 0 Å². The maximum atomic E-state index is 12.0. The molecule has 7 nitrogen and oxygen atoms in total. The van der Waals surface area contributed by atoms with Crippen molar-refractivity contribution in [3.8, 4) is 0 Å². The molecule has 3 heterocycles. The Kier molecular flexibility index (Phi) is 5.16. The van der Waals surface area contributed by atoms with Crippen molar-refractivity contribution < 1.29 is 28.5 Å². The van der Waals surface area contributed by atoms with Crippen molar-refractivity contribution >= 4 is 6.09 Å². The molecular formula is C20H33NO6. The molecule has 154 valence electrons. The Balaban J connectivity index is 1.52. The van der Waals surface area contributed by atoms with Crippen LogP contribution in [0.3, 0.4) is 0 Å². The van der Waals surface area contributed by atoms with Crippen LogP contribution in [0.4, 0.5) is 4.79 Å². The first-order valence-electron chi connectivity index (χ1n) is 10.3. The fourth-order valence-electron chi connectivity index (χ4n) is 4.97. The van der Waals surface area contributed by atoms with Crippen molar-refractivity contribution in [1.29, 1.82) is 0 Å². The van der Waals surface area contributed by atoms with Gasteiger partial charge in [-0.25, -0.2) is 4.79 Å². The molecule has 3 saturated heterocycles. The highest BCUT2D eigenvalue weighted by atomic mass is 16.8. The van der Waals surface area contributed by atoms with Gasteiger partial charge in [-0.15, -0.1) is 0 Å². The van der Waals surface area contributed by atoms with Crippen LogP contribution in [0, 0.1) is 17.8 Å². The monoisotopic (exact) mass is 383 g/mol. The Hall–Kier alpha value is -0.890. The van der Waals surface area contributed by atoms with Crippen LogP contribution in [0.5, 0.6) is 0 Å². The normalized spacial score (nSPS) is 46.4. The molecule has 0 aromatic rings. The summed E-state index contributed by atoms with van der Waals surface area (Å²) in [5.41, 5.74) is 0. The predicted molar refractivity (Wildman–Crippen MR) is 97.0 cm³/mol. The molecular weight excluding hydrogens is 350 g/mol. The van der Waals surface area contributed by atoms with E-state index in [4.69, 9.17) is 23.7 Å². The summed E-state index contributed by atoms with van der Waals surface area (Å²) in [7, 11) is 0. The number of nitrogens with one attached hydrogen (secondary N) is 1. The Morgan fingerprint density at radius 1 is 1.22 bits per heavy atom. The number of ether oxygens (including phenoxy) is 5. The van der Waals surface area contributed by atoms with Crippen LogP contribution in [-0.2, 0) is 23.7 Å². The number of fused-ring (bicyclic) bond motifs is 3. The number of amides is 1. The van der Waals surface area contributed by atoms with Gasteiger partial charge in [-0.05, 0) is 44.4 Å². The topological polar surface area (TPSA) is 75.2 Å². The average Bonchev–Trinajstić information content (AvgIpc) is 2.97. The second-order valence-electron chi connectivity index (χ2n) is 9.38. The van der Waals surface area contributed by atoms with Crippen LogP contribution in [0.1, 0.15) is 53.9 Å². The second-order valence-corrected chi connectivity index (χ2v) is 9.38. The Morgan fingerprint density at radius 3 is 2.74 bits per heavy atom. The van der Waals surface area contributed by atoms with Gasteiger partial charge in [-0.2, -0.15) is 0 Å². The van der Waals surface area contributed by atoms with Crippen LogP contribution in [0.25, 0.3) is 0 Å². The molecule has 7 heteroatoms. The van der Waals surface area contributed by atoms with Gasteiger partial charge >= 0.3 is 6.09 Å². The quantitative estimate of drug-likeness (QED) is 0.808. The first kappa shape index (κ1) is 19.4. The minimum Gasteiger partial charge on any atom is -0.441 e. The zero-order valence-corrected chi connectivity index (χ0v) is 17.0. The van der Waals surface area contributed by atoms with Gasteiger partial charge in [0.2, 0.25) is 0 Å². The van der Waals surface area contributed by atoms with Gasteiger partial charge in [0, 0.05) is 0 Å². The van der Waals surface area contributed by atoms with E-state index >= 15 is 0 Å². The number of alkyl carbamates (subject to hydrolysis) is 1. The summed E-state index contributed by atoms with van der Waals surface area (Å²) < 4.78 is 30.1. The molecule has 4 aliphatic rings. The fraction of sp³-hybridized carbons (Fsp3) is 0.950. The van der Waals surface area contributed by atoms with Gasteiger partial charge in [0.25, 0.3) is 0 Å². The summed E-state index contributed by atoms with van der Waals surface area (Å²) >= 11 is 0. The summed E-state index contributed by atoms with van der Waals surface area (Å²) in [5, 5.41) is 2.88. The largest absolute Gasteiger partial charge is 0.441 e. The molecule has 4 fully saturated rings. The van der Waals surface area contributed by atoms with Crippen molar-refractivity contribution in [2.45, 2.75) is 96.4 Å². The van der Waals surface area contributed by atoms with Crippen LogP contribution in [0.15, 0.2) is 0 Å². The van der Waals surface area contributed by atoms with E-state index in [1.165, 1.54) is 12.8 Å². The van der Waals surface area contributed by atoms with Crippen LogP contribution in [-0.4, -0.2) is 55.2 Å². The molecule has 8 atom stereocenters. The predicted octanol–water partition coefficient (Wildman–Crippen LogP) is 2.82. The van der Waals surface area contributed by atoms with E-state index in [-0.39, 0.29) is 24.4 Å². The smallest absolute Gasteiger partial charge is 0.408 e. The van der Waals surface area contributed by atoms with E-state index in [2.05, 4.69) is 26.1 Å². The molecule has 4 rings (SSSR count). The lowest BCUT2D eigenvalue weighted by atomic mass is 9.75. The lowest BCUT2D eigenvalue weighted by molar-refractivity contribution is -0.368. The van der Waals surface area contributed by atoms with Crippen LogP contribution < -0.4 is 5.32 Å². The maximum Gasteiger partial charge on any atom is 0.408 e. The lowest BCUT2D eigenvalue weighted by Crippen LogP contribution is -2.66. The Morgan fingerprint density at radius 2 is 2.00 bits per heavy atom. The summed E-state index contributed by atoms with van der Waals surface area (Å²) in [6.45, 7) is 10.9. The third kappa shape index (κ3) is 3.84. The Bertz CT molecular complexity index is 567. The van der Waals surface area contributed by atoms with E-state index in [0.29, 0.717) is 24.4 Å². The van der Waals surface area contributed by atoms with Gasteiger partial charge in [-0.1, -0.05) is 27.2 Å². The molecule has 1 saturated carbocycles. The van der Waals surface area contributed by atoms with Crippen LogP contribution in [0.2, 0.25) is 0 Å². The standard InChI is InChI=1S/C20H33NO6/c1-10(2)12-7-6-11(3)8-13(12)24-18-15-17(26-19(22)21-15)16-14(25-18)9-23-20(4,5)27-16/h10-18H,6-9H2,1-5H3,(H,21,22)/t11-,12+,13-,14-,15-,16-,17+,18-/m1/s1. The van der Waals surface area contributed by atoms with E-state index < -0.39 is 24.3 Å². The molecule has 0 aromatic heterocycles. The Labute approximate surface area is 161 Å². The molecule has 3 aliphatic heterocycles. The lowest BCUT2D eigenvalue weighted by Gasteiger charge is -2.49. The van der Waals surface area contributed by atoms with E-state index in [0.717, 1.165) is 6.42 Å². The number of hydrogen-bond acceptors (Lipinski definition) is 6. The third-order valence-electron chi connectivity index (χ3n) is 6.46. The number of carbonyl (C=O) groups is 1. The molecule has 27 heavy (non-hydrogen) atoms. The molecule has 0 radical (unpaired) electrons.